The van der Waals surface area contributed by atoms with Crippen LogP contribution in [-0.4, -0.2) is 4.98 Å². The summed E-state index contributed by atoms with van der Waals surface area (Å²) in [5.74, 6) is 0. The van der Waals surface area contributed by atoms with E-state index in [1.54, 1.807) is 12.3 Å². The predicted octanol–water partition coefficient (Wildman–Crippen LogP) is 3.09. The van der Waals surface area contributed by atoms with Crippen LogP contribution in [0.4, 0.5) is 0 Å². The maximum Gasteiger partial charge on any atom is 0.196 e. The van der Waals surface area contributed by atoms with E-state index in [9.17, 15) is 0 Å². The van der Waals surface area contributed by atoms with Crippen LogP contribution in [0.25, 0.3) is 11.1 Å². The molecule has 0 saturated heterocycles. The van der Waals surface area contributed by atoms with E-state index in [-0.39, 0.29) is 0 Å². The van der Waals surface area contributed by atoms with Gasteiger partial charge in [-0.05, 0) is 40.3 Å². The lowest BCUT2D eigenvalue weighted by molar-refractivity contribution is 0.615. The number of pyridine rings is 1. The molecular weight excluding hydrogens is 276 g/mol. The number of rotatable bonds is 0. The van der Waals surface area contributed by atoms with Gasteiger partial charge in [0.2, 0.25) is 0 Å². The first-order valence-electron chi connectivity index (χ1n) is 2.97. The van der Waals surface area contributed by atoms with Gasteiger partial charge in [0.25, 0.3) is 0 Å². The summed E-state index contributed by atoms with van der Waals surface area (Å²) < 4.78 is 6.22. The van der Waals surface area contributed by atoms with E-state index in [0.29, 0.717) is 5.22 Å². The number of hydrogen-bond donors (Lipinski definition) is 0. The average Bonchev–Trinajstić information content (AvgIpc) is 2.31. The molecule has 0 atom stereocenters. The highest BCUT2D eigenvalue weighted by molar-refractivity contribution is 14.1. The molecule has 0 bridgehead atoms. The molecule has 0 aromatic carbocycles. The summed E-state index contributed by atoms with van der Waals surface area (Å²) in [5, 5.41) is 0.386. The fourth-order valence-corrected chi connectivity index (χ4v) is 1.61. The van der Waals surface area contributed by atoms with E-state index >= 15 is 0 Å². The second-order valence-corrected chi connectivity index (χ2v) is 3.59. The Hall–Kier alpha value is -0.290. The van der Waals surface area contributed by atoms with Crippen molar-refractivity contribution in [2.45, 2.75) is 0 Å². The first-order chi connectivity index (χ1) is 5.27. The molecule has 0 spiro atoms. The minimum Gasteiger partial charge on any atom is -0.442 e. The van der Waals surface area contributed by atoms with Crippen LogP contribution in [0.2, 0.25) is 5.22 Å². The largest absolute Gasteiger partial charge is 0.442 e. The molecule has 0 saturated carbocycles. The van der Waals surface area contributed by atoms with Gasteiger partial charge >= 0.3 is 0 Å². The van der Waals surface area contributed by atoms with Gasteiger partial charge in [-0.15, -0.1) is 0 Å². The van der Waals surface area contributed by atoms with Crippen LogP contribution in [0, 0.1) is 3.57 Å². The van der Waals surface area contributed by atoms with E-state index in [0.717, 1.165) is 14.7 Å². The lowest BCUT2D eigenvalue weighted by Crippen LogP contribution is -1.74. The number of furan rings is 1. The Morgan fingerprint density at radius 1 is 1.55 bits per heavy atom. The van der Waals surface area contributed by atoms with Crippen LogP contribution in [-0.2, 0) is 0 Å². The van der Waals surface area contributed by atoms with Crippen molar-refractivity contribution in [3.05, 3.63) is 27.1 Å². The lowest BCUT2D eigenvalue weighted by atomic mass is 10.4. The third-order valence-electron chi connectivity index (χ3n) is 1.33. The van der Waals surface area contributed by atoms with Gasteiger partial charge in [0.15, 0.2) is 10.8 Å². The summed E-state index contributed by atoms with van der Waals surface area (Å²) in [6, 6.07) is 3.59. The number of fused-ring (bicyclic) bond motifs is 1. The molecule has 11 heavy (non-hydrogen) atoms. The molecule has 56 valence electrons. The molecule has 0 aliphatic heterocycles. The maximum atomic E-state index is 5.65. The smallest absolute Gasteiger partial charge is 0.196 e. The van der Waals surface area contributed by atoms with Crippen molar-refractivity contribution in [2.75, 3.05) is 0 Å². The highest BCUT2D eigenvalue weighted by atomic mass is 127. The second kappa shape index (κ2) is 2.64. The minimum absolute atomic E-state index is 0.386. The molecule has 2 rings (SSSR count). The highest BCUT2D eigenvalue weighted by Crippen LogP contribution is 2.24. The van der Waals surface area contributed by atoms with Gasteiger partial charge in [-0.25, -0.2) is 0 Å². The Bertz CT molecular complexity index is 398. The predicted molar refractivity (Wildman–Crippen MR) is 51.7 cm³/mol. The average molecular weight is 279 g/mol. The van der Waals surface area contributed by atoms with Crippen LogP contribution >= 0.6 is 34.2 Å². The Kier molecular flexibility index (Phi) is 1.77. The topological polar surface area (TPSA) is 26.0 Å². The van der Waals surface area contributed by atoms with E-state index in [4.69, 9.17) is 16.0 Å². The molecule has 0 fully saturated rings. The van der Waals surface area contributed by atoms with Crippen molar-refractivity contribution in [3.8, 4) is 0 Å². The molecule has 0 aliphatic rings. The first kappa shape index (κ1) is 7.36. The lowest BCUT2D eigenvalue weighted by Gasteiger charge is -1.88. The molecule has 2 aromatic rings. The van der Waals surface area contributed by atoms with Crippen molar-refractivity contribution in [1.82, 2.24) is 4.98 Å². The molecule has 0 radical (unpaired) electrons. The molecule has 2 aromatic heterocycles. The van der Waals surface area contributed by atoms with Crippen LogP contribution in [0.5, 0.6) is 0 Å². The van der Waals surface area contributed by atoms with Crippen LogP contribution in [0.15, 0.2) is 22.7 Å². The van der Waals surface area contributed by atoms with E-state index in [2.05, 4.69) is 27.6 Å². The zero-order valence-electron chi connectivity index (χ0n) is 5.34. The molecule has 0 unspecified atom stereocenters. The molecule has 2 heterocycles. The summed E-state index contributed by atoms with van der Waals surface area (Å²) >= 11 is 7.82. The standard InChI is InChI=1S/C7H3ClINO/c8-6-3-5-7(11-6)4(9)1-2-10-5/h1-3H. The highest BCUT2D eigenvalue weighted by Gasteiger charge is 2.04. The van der Waals surface area contributed by atoms with Gasteiger partial charge in [-0.2, -0.15) is 0 Å². The molecule has 0 N–H and O–H groups in total. The Morgan fingerprint density at radius 3 is 3.09 bits per heavy atom. The fourth-order valence-electron chi connectivity index (χ4n) is 0.878. The molecule has 2 nitrogen and oxygen atoms in total. The number of halogens is 2. The Morgan fingerprint density at radius 2 is 2.36 bits per heavy atom. The monoisotopic (exact) mass is 279 g/mol. The first-order valence-corrected chi connectivity index (χ1v) is 4.42. The van der Waals surface area contributed by atoms with Gasteiger partial charge < -0.3 is 4.42 Å². The molecule has 4 heteroatoms. The van der Waals surface area contributed by atoms with Gasteiger partial charge in [-0.1, -0.05) is 0 Å². The van der Waals surface area contributed by atoms with Gasteiger partial charge in [0.1, 0.15) is 5.52 Å². The minimum atomic E-state index is 0.386. The van der Waals surface area contributed by atoms with Gasteiger partial charge in [-0.3, -0.25) is 4.98 Å². The number of aromatic nitrogens is 1. The molecule has 0 aliphatic carbocycles. The van der Waals surface area contributed by atoms with E-state index in [1.165, 1.54) is 0 Å². The summed E-state index contributed by atoms with van der Waals surface area (Å²) in [7, 11) is 0. The maximum absolute atomic E-state index is 5.65. The molecular formula is C7H3ClINO. The SMILES string of the molecule is Clc1cc2nccc(I)c2o1. The van der Waals surface area contributed by atoms with E-state index in [1.807, 2.05) is 6.07 Å². The van der Waals surface area contributed by atoms with E-state index < -0.39 is 0 Å². The third-order valence-corrected chi connectivity index (χ3v) is 2.37. The second-order valence-electron chi connectivity index (χ2n) is 2.06. The summed E-state index contributed by atoms with van der Waals surface area (Å²) in [6.07, 6.45) is 1.73. The number of nitrogens with zero attached hydrogens (tertiary/aromatic N) is 1. The summed E-state index contributed by atoms with van der Waals surface area (Å²) in [5.41, 5.74) is 1.57. The van der Waals surface area contributed by atoms with Gasteiger partial charge in [0.05, 0.1) is 3.57 Å². The third kappa shape index (κ3) is 1.22. The zero-order chi connectivity index (χ0) is 7.84. The van der Waals surface area contributed by atoms with Crippen LogP contribution in [0.3, 0.4) is 0 Å². The van der Waals surface area contributed by atoms with Crippen molar-refractivity contribution >= 4 is 45.3 Å². The zero-order valence-corrected chi connectivity index (χ0v) is 8.26. The van der Waals surface area contributed by atoms with Crippen LogP contribution in [0.1, 0.15) is 0 Å². The summed E-state index contributed by atoms with van der Waals surface area (Å²) in [4.78, 5) is 4.08. The Labute approximate surface area is 81.7 Å². The molecule has 0 amide bonds. The van der Waals surface area contributed by atoms with Crippen molar-refractivity contribution in [2.24, 2.45) is 0 Å². The van der Waals surface area contributed by atoms with Crippen molar-refractivity contribution in [3.63, 3.8) is 0 Å². The van der Waals surface area contributed by atoms with Crippen molar-refractivity contribution in [1.29, 1.82) is 0 Å². The summed E-state index contributed by atoms with van der Waals surface area (Å²) in [6.45, 7) is 0. The number of hydrogen-bond acceptors (Lipinski definition) is 2. The normalized spacial score (nSPS) is 10.7. The van der Waals surface area contributed by atoms with Crippen LogP contribution < -0.4 is 0 Å². The van der Waals surface area contributed by atoms with Crippen molar-refractivity contribution < 1.29 is 4.42 Å². The van der Waals surface area contributed by atoms with Gasteiger partial charge in [0, 0.05) is 12.3 Å². The quantitative estimate of drug-likeness (QED) is 0.693. The Balaban J connectivity index is 2.90. The fraction of sp³-hybridized carbons (Fsp3) is 0.